The Morgan fingerprint density at radius 2 is 1.87 bits per heavy atom. The van der Waals surface area contributed by atoms with Crippen molar-refractivity contribution in [2.24, 2.45) is 46.2 Å². The SMILES string of the molecule is CCCCCC[C@@H]1CO[C@@H]([C@@H](O)[C@](C)(O)[C@H]2CC[C@@]3(O)C4=CC(=O)[C@@H]5C[C@@H](O)[C@@H](O)C[C@]5(CCC5=C(CCCO)NC(N)C=C5)[C@H]4CC[C@]23C)[C@H]1C. The summed E-state index contributed by atoms with van der Waals surface area (Å²) >= 11 is 0. The standard InChI is InChI=1S/C42H68N2O8/c1-5-6-7-8-10-27-24-52-37(25(27)2)38(49)40(4,50)35-16-19-42(51)29-21-32(46)30-22-33(47)34(48)23-41(30,28(29)15-17-39(35,42)3)18-14-26-12-13-36(43)44-31(26)11-9-20-45/h12-13,21,25,27-28,30,33-38,44-45,47-51H,5-11,14-20,22-24,43H2,1-4H3/t25-,27+,28-,30-,33+,34-,35-,36?,37+,38+,39+,40+,41+,42+/m0/s1. The highest BCUT2D eigenvalue weighted by atomic mass is 16.5. The molecule has 3 saturated carbocycles. The van der Waals surface area contributed by atoms with Crippen LogP contribution < -0.4 is 11.1 Å². The average molecular weight is 729 g/mol. The molecule has 0 bridgehead atoms. The summed E-state index contributed by atoms with van der Waals surface area (Å²) in [5, 5.41) is 72.2. The predicted octanol–water partition coefficient (Wildman–Crippen LogP) is 4.16. The molecule has 1 saturated heterocycles. The zero-order valence-electron chi connectivity index (χ0n) is 32.1. The fourth-order valence-electron chi connectivity index (χ4n) is 12.2. The van der Waals surface area contributed by atoms with Crippen LogP contribution in [0.15, 0.2) is 35.1 Å². The van der Waals surface area contributed by atoms with Crippen molar-refractivity contribution < 1.29 is 40.2 Å². The molecule has 2 heterocycles. The lowest BCUT2D eigenvalue weighted by atomic mass is 9.44. The molecule has 52 heavy (non-hydrogen) atoms. The quantitative estimate of drug-likeness (QED) is 0.121. The maximum absolute atomic E-state index is 14.2. The number of hydrogen-bond acceptors (Lipinski definition) is 10. The molecule has 0 aromatic carbocycles. The molecule has 0 radical (unpaired) electrons. The van der Waals surface area contributed by atoms with Crippen LogP contribution in [0.4, 0.5) is 0 Å². The van der Waals surface area contributed by atoms with Gasteiger partial charge in [0, 0.05) is 23.6 Å². The number of ether oxygens (including phenoxy) is 1. The van der Waals surface area contributed by atoms with Crippen molar-refractivity contribution in [1.29, 1.82) is 0 Å². The van der Waals surface area contributed by atoms with Gasteiger partial charge in [0.2, 0.25) is 0 Å². The highest BCUT2D eigenvalue weighted by Gasteiger charge is 2.70. The summed E-state index contributed by atoms with van der Waals surface area (Å²) < 4.78 is 6.23. The van der Waals surface area contributed by atoms with Crippen LogP contribution in [-0.4, -0.2) is 91.4 Å². The van der Waals surface area contributed by atoms with Gasteiger partial charge in [-0.2, -0.15) is 0 Å². The van der Waals surface area contributed by atoms with E-state index in [9.17, 15) is 35.4 Å². The van der Waals surface area contributed by atoms with Crippen molar-refractivity contribution >= 4 is 5.78 Å². The molecule has 1 unspecified atom stereocenters. The highest BCUT2D eigenvalue weighted by molar-refractivity contribution is 5.95. The molecule has 10 nitrogen and oxygen atoms in total. The second-order valence-electron chi connectivity index (χ2n) is 18.1. The van der Waals surface area contributed by atoms with Gasteiger partial charge in [-0.05, 0) is 130 Å². The van der Waals surface area contributed by atoms with Crippen molar-refractivity contribution in [3.63, 3.8) is 0 Å². The highest BCUT2D eigenvalue weighted by Crippen LogP contribution is 2.69. The first kappa shape index (κ1) is 40.0. The topological polar surface area (TPSA) is 186 Å². The Bertz CT molecular complexity index is 1400. The molecule has 14 atom stereocenters. The van der Waals surface area contributed by atoms with E-state index >= 15 is 0 Å². The summed E-state index contributed by atoms with van der Waals surface area (Å²) in [4.78, 5) is 14.2. The molecule has 9 N–H and O–H groups in total. The van der Waals surface area contributed by atoms with Crippen LogP contribution in [0.3, 0.4) is 0 Å². The van der Waals surface area contributed by atoms with E-state index in [0.29, 0.717) is 69.5 Å². The van der Waals surface area contributed by atoms with E-state index in [1.807, 2.05) is 19.1 Å². The van der Waals surface area contributed by atoms with Crippen LogP contribution in [0.1, 0.15) is 124 Å². The number of ketones is 1. The Hall–Kier alpha value is -1.63. The third-order valence-corrected chi connectivity index (χ3v) is 15.3. The summed E-state index contributed by atoms with van der Waals surface area (Å²) in [7, 11) is 0. The minimum Gasteiger partial charge on any atom is -0.396 e. The van der Waals surface area contributed by atoms with Crippen LogP contribution in [0.2, 0.25) is 0 Å². The number of aliphatic hydroxyl groups is 6. The molecule has 2 aliphatic heterocycles. The molecule has 294 valence electrons. The Labute approximate surface area is 311 Å². The van der Waals surface area contributed by atoms with E-state index < -0.39 is 58.3 Å². The minimum absolute atomic E-state index is 0.0623. The molecule has 0 aromatic rings. The number of allylic oxidation sites excluding steroid dienone is 4. The lowest BCUT2D eigenvalue weighted by molar-refractivity contribution is -0.195. The Balaban J connectivity index is 1.27. The average Bonchev–Trinajstić information content (AvgIpc) is 3.62. The maximum atomic E-state index is 14.2. The van der Waals surface area contributed by atoms with Crippen molar-refractivity contribution in [2.45, 2.75) is 166 Å². The van der Waals surface area contributed by atoms with Gasteiger partial charge in [0.15, 0.2) is 5.78 Å². The van der Waals surface area contributed by atoms with Gasteiger partial charge in [0.05, 0.1) is 42.3 Å². The van der Waals surface area contributed by atoms with E-state index in [4.69, 9.17) is 10.5 Å². The smallest absolute Gasteiger partial charge is 0.159 e. The molecular formula is C42H68N2O8. The van der Waals surface area contributed by atoms with Crippen LogP contribution in [0, 0.1) is 40.4 Å². The number of unbranched alkanes of at least 4 members (excludes halogenated alkanes) is 3. The fraction of sp³-hybridized carbons (Fsp3) is 0.833. The first-order valence-corrected chi connectivity index (χ1v) is 20.5. The Morgan fingerprint density at radius 1 is 1.10 bits per heavy atom. The predicted molar refractivity (Wildman–Crippen MR) is 199 cm³/mol. The Kier molecular flexibility index (Phi) is 11.9. The number of dihydropyridines is 1. The van der Waals surface area contributed by atoms with Crippen molar-refractivity contribution in [3.8, 4) is 0 Å². The first-order chi connectivity index (χ1) is 24.6. The summed E-state index contributed by atoms with van der Waals surface area (Å²) in [6, 6.07) is 0. The molecule has 6 aliphatic rings. The number of rotatable bonds is 14. The number of aliphatic hydroxyl groups excluding tert-OH is 4. The number of nitrogens with two attached hydrogens (primary N) is 1. The summed E-state index contributed by atoms with van der Waals surface area (Å²) in [6.07, 6.45) is 12.4. The summed E-state index contributed by atoms with van der Waals surface area (Å²) in [6.45, 7) is 8.72. The van der Waals surface area contributed by atoms with Gasteiger partial charge in [-0.1, -0.05) is 52.5 Å². The molecule has 0 aromatic heterocycles. The van der Waals surface area contributed by atoms with E-state index in [1.165, 1.54) is 19.3 Å². The third-order valence-electron chi connectivity index (χ3n) is 15.3. The minimum atomic E-state index is -1.54. The van der Waals surface area contributed by atoms with Gasteiger partial charge >= 0.3 is 0 Å². The van der Waals surface area contributed by atoms with Gasteiger partial charge in [-0.3, -0.25) is 4.79 Å². The monoisotopic (exact) mass is 728 g/mol. The largest absolute Gasteiger partial charge is 0.396 e. The molecular weight excluding hydrogens is 660 g/mol. The van der Waals surface area contributed by atoms with Crippen LogP contribution in [-0.2, 0) is 9.53 Å². The van der Waals surface area contributed by atoms with E-state index in [2.05, 4.69) is 19.2 Å². The lowest BCUT2D eigenvalue weighted by Crippen LogP contribution is -2.64. The number of fused-ring (bicyclic) bond motifs is 5. The normalized spacial score (nSPS) is 43.3. The number of carbonyl (C=O) groups is 1. The zero-order valence-corrected chi connectivity index (χ0v) is 32.1. The third kappa shape index (κ3) is 6.80. The van der Waals surface area contributed by atoms with Crippen LogP contribution in [0.5, 0.6) is 0 Å². The number of nitrogens with one attached hydrogen (secondary N) is 1. The zero-order chi connectivity index (χ0) is 37.6. The van der Waals surface area contributed by atoms with Gasteiger partial charge in [-0.25, -0.2) is 0 Å². The second kappa shape index (κ2) is 15.5. The number of carbonyl (C=O) groups excluding carboxylic acids is 1. The van der Waals surface area contributed by atoms with E-state index in [0.717, 1.165) is 24.1 Å². The van der Waals surface area contributed by atoms with Gasteiger partial charge in [-0.15, -0.1) is 0 Å². The van der Waals surface area contributed by atoms with Gasteiger partial charge in [0.1, 0.15) is 6.10 Å². The van der Waals surface area contributed by atoms with Crippen molar-refractivity contribution in [1.82, 2.24) is 5.32 Å². The molecule has 10 heteroatoms. The number of hydrogen-bond donors (Lipinski definition) is 8. The second-order valence-corrected chi connectivity index (χ2v) is 18.1. The lowest BCUT2D eigenvalue weighted by Gasteiger charge is -2.62. The Morgan fingerprint density at radius 3 is 2.60 bits per heavy atom. The van der Waals surface area contributed by atoms with E-state index in [-0.39, 0.29) is 43.2 Å². The van der Waals surface area contributed by atoms with Gasteiger partial charge < -0.3 is 46.4 Å². The summed E-state index contributed by atoms with van der Waals surface area (Å²) in [5.41, 5.74) is 4.50. The van der Waals surface area contributed by atoms with Crippen molar-refractivity contribution in [2.75, 3.05) is 13.2 Å². The first-order valence-electron chi connectivity index (χ1n) is 20.5. The molecule has 4 aliphatic carbocycles. The van der Waals surface area contributed by atoms with Crippen LogP contribution >= 0.6 is 0 Å². The van der Waals surface area contributed by atoms with Gasteiger partial charge in [0.25, 0.3) is 0 Å². The molecule has 0 spiro atoms. The molecule has 4 fully saturated rings. The fourth-order valence-corrected chi connectivity index (χ4v) is 12.2. The molecule has 0 amide bonds. The molecule has 6 rings (SSSR count). The van der Waals surface area contributed by atoms with Crippen LogP contribution in [0.25, 0.3) is 0 Å². The maximum Gasteiger partial charge on any atom is 0.159 e. The van der Waals surface area contributed by atoms with Crippen molar-refractivity contribution in [3.05, 3.63) is 35.1 Å². The van der Waals surface area contributed by atoms with E-state index in [1.54, 1.807) is 13.0 Å². The summed E-state index contributed by atoms with van der Waals surface area (Å²) in [5.74, 6) is -0.804.